The van der Waals surface area contributed by atoms with Crippen LogP contribution in [0.3, 0.4) is 0 Å². The van der Waals surface area contributed by atoms with Crippen LogP contribution in [0, 0.1) is 0 Å². The average Bonchev–Trinajstić information content (AvgIpc) is 3.09. The molecule has 0 saturated carbocycles. The lowest BCUT2D eigenvalue weighted by atomic mass is 10.2. The van der Waals surface area contributed by atoms with E-state index in [2.05, 4.69) is 22.4 Å². The highest BCUT2D eigenvalue weighted by Crippen LogP contribution is 2.27. The van der Waals surface area contributed by atoms with E-state index in [1.54, 1.807) is 12.1 Å². The second-order valence-electron chi connectivity index (χ2n) is 5.25. The largest absolute Gasteiger partial charge is 0.484 e. The number of anilines is 1. The number of carbonyl (C=O) groups is 1. The number of benzene rings is 2. The maximum Gasteiger partial charge on any atom is 0.264 e. The molecular weight excluding hydrogens is 358 g/mol. The van der Waals surface area contributed by atoms with Gasteiger partial charge in [0.25, 0.3) is 5.91 Å². The molecule has 3 rings (SSSR count). The summed E-state index contributed by atoms with van der Waals surface area (Å²) in [5, 5.41) is 12.5. The van der Waals surface area contributed by atoms with Crippen molar-refractivity contribution >= 4 is 34.0 Å². The summed E-state index contributed by atoms with van der Waals surface area (Å²) >= 11 is 7.17. The Morgan fingerprint density at radius 1 is 1.12 bits per heavy atom. The Morgan fingerprint density at radius 3 is 2.52 bits per heavy atom. The zero-order chi connectivity index (χ0) is 17.6. The van der Waals surface area contributed by atoms with Crippen molar-refractivity contribution in [2.24, 2.45) is 0 Å². The lowest BCUT2D eigenvalue weighted by Crippen LogP contribution is -2.20. The van der Waals surface area contributed by atoms with E-state index >= 15 is 0 Å². The molecule has 0 fully saturated rings. The summed E-state index contributed by atoms with van der Waals surface area (Å²) in [6, 6.07) is 15.0. The average molecular weight is 374 g/mol. The predicted octanol–water partition coefficient (Wildman–Crippen LogP) is 4.44. The molecule has 0 radical (unpaired) electrons. The zero-order valence-electron chi connectivity index (χ0n) is 13.5. The highest BCUT2D eigenvalue weighted by Gasteiger charge is 2.10. The first-order chi connectivity index (χ1) is 12.1. The van der Waals surface area contributed by atoms with Gasteiger partial charge in [-0.15, -0.1) is 10.2 Å². The molecule has 128 valence electrons. The maximum absolute atomic E-state index is 12.0. The monoisotopic (exact) mass is 373 g/mol. The number of aromatic nitrogens is 2. The molecule has 3 aromatic rings. The Balaban J connectivity index is 1.55. The number of halogens is 1. The van der Waals surface area contributed by atoms with Gasteiger partial charge in [0.05, 0.1) is 0 Å². The summed E-state index contributed by atoms with van der Waals surface area (Å²) in [6.45, 7) is 2.00. The van der Waals surface area contributed by atoms with E-state index in [1.807, 2.05) is 36.4 Å². The van der Waals surface area contributed by atoms with Crippen molar-refractivity contribution in [3.8, 4) is 16.3 Å². The molecule has 0 unspecified atom stereocenters. The van der Waals surface area contributed by atoms with Gasteiger partial charge in [0.1, 0.15) is 10.8 Å². The Labute approximate surface area is 154 Å². The molecule has 1 heterocycles. The van der Waals surface area contributed by atoms with Crippen molar-refractivity contribution in [3.63, 3.8) is 0 Å². The standard InChI is InChI=1S/C18H16ClN3O2S/c1-2-12-3-9-15(10-4-12)24-11-16(23)20-18-22-21-17(25-18)13-5-7-14(19)8-6-13/h3-10H,2,11H2,1H3,(H,20,22,23). The van der Waals surface area contributed by atoms with Gasteiger partial charge in [-0.1, -0.05) is 54.1 Å². The van der Waals surface area contributed by atoms with E-state index in [4.69, 9.17) is 16.3 Å². The predicted molar refractivity (Wildman–Crippen MR) is 100 cm³/mol. The van der Waals surface area contributed by atoms with Gasteiger partial charge < -0.3 is 4.74 Å². The highest BCUT2D eigenvalue weighted by atomic mass is 35.5. The molecule has 2 aromatic carbocycles. The Morgan fingerprint density at radius 2 is 1.84 bits per heavy atom. The molecule has 1 N–H and O–H groups in total. The molecule has 0 aliphatic rings. The minimum Gasteiger partial charge on any atom is -0.484 e. The number of ether oxygens (including phenoxy) is 1. The molecule has 7 heteroatoms. The zero-order valence-corrected chi connectivity index (χ0v) is 15.1. The fraction of sp³-hybridized carbons (Fsp3) is 0.167. The van der Waals surface area contributed by atoms with Crippen LogP contribution in [-0.4, -0.2) is 22.7 Å². The van der Waals surface area contributed by atoms with Crippen LogP contribution in [0.4, 0.5) is 5.13 Å². The molecule has 1 aromatic heterocycles. The van der Waals surface area contributed by atoms with Crippen molar-refractivity contribution in [1.29, 1.82) is 0 Å². The lowest BCUT2D eigenvalue weighted by molar-refractivity contribution is -0.118. The van der Waals surface area contributed by atoms with Crippen LogP contribution in [0.2, 0.25) is 5.02 Å². The molecule has 0 spiro atoms. The molecular formula is C18H16ClN3O2S. The SMILES string of the molecule is CCc1ccc(OCC(=O)Nc2nnc(-c3ccc(Cl)cc3)s2)cc1. The molecule has 25 heavy (non-hydrogen) atoms. The van der Waals surface area contributed by atoms with Crippen LogP contribution in [-0.2, 0) is 11.2 Å². The highest BCUT2D eigenvalue weighted by molar-refractivity contribution is 7.18. The quantitative estimate of drug-likeness (QED) is 0.693. The van der Waals surface area contributed by atoms with E-state index in [-0.39, 0.29) is 12.5 Å². The van der Waals surface area contributed by atoms with Crippen molar-refractivity contribution in [1.82, 2.24) is 10.2 Å². The number of nitrogens with one attached hydrogen (secondary N) is 1. The molecule has 1 amide bonds. The van der Waals surface area contributed by atoms with E-state index in [0.29, 0.717) is 20.9 Å². The van der Waals surface area contributed by atoms with Gasteiger partial charge in [0.15, 0.2) is 6.61 Å². The van der Waals surface area contributed by atoms with Gasteiger partial charge in [-0.3, -0.25) is 10.1 Å². The van der Waals surface area contributed by atoms with Crippen LogP contribution in [0.5, 0.6) is 5.75 Å². The third-order valence-corrected chi connectivity index (χ3v) is 4.60. The van der Waals surface area contributed by atoms with E-state index < -0.39 is 0 Å². The molecule has 0 atom stereocenters. The second-order valence-corrected chi connectivity index (χ2v) is 6.67. The van der Waals surface area contributed by atoms with E-state index in [0.717, 1.165) is 12.0 Å². The number of rotatable bonds is 6. The first-order valence-corrected chi connectivity index (χ1v) is 8.94. The Bertz CT molecular complexity index is 848. The van der Waals surface area contributed by atoms with Crippen LogP contribution in [0.15, 0.2) is 48.5 Å². The van der Waals surface area contributed by atoms with Gasteiger partial charge in [0.2, 0.25) is 5.13 Å². The van der Waals surface area contributed by atoms with E-state index in [9.17, 15) is 4.79 Å². The minimum atomic E-state index is -0.279. The molecule has 0 aliphatic heterocycles. The third-order valence-electron chi connectivity index (χ3n) is 3.46. The summed E-state index contributed by atoms with van der Waals surface area (Å²) in [7, 11) is 0. The number of carbonyl (C=O) groups excluding carboxylic acids is 1. The summed E-state index contributed by atoms with van der Waals surface area (Å²) < 4.78 is 5.47. The number of hydrogen-bond donors (Lipinski definition) is 1. The molecule has 5 nitrogen and oxygen atoms in total. The van der Waals surface area contributed by atoms with Crippen LogP contribution in [0.1, 0.15) is 12.5 Å². The molecule has 0 saturated heterocycles. The third kappa shape index (κ3) is 4.78. The summed E-state index contributed by atoms with van der Waals surface area (Å²) in [4.78, 5) is 12.0. The number of amides is 1. The van der Waals surface area contributed by atoms with Gasteiger partial charge in [-0.25, -0.2) is 0 Å². The molecule has 0 aliphatic carbocycles. The van der Waals surface area contributed by atoms with Gasteiger partial charge in [-0.2, -0.15) is 0 Å². The van der Waals surface area contributed by atoms with Crippen molar-refractivity contribution in [3.05, 3.63) is 59.1 Å². The first kappa shape index (κ1) is 17.4. The molecule has 0 bridgehead atoms. The van der Waals surface area contributed by atoms with Gasteiger partial charge in [-0.05, 0) is 36.2 Å². The van der Waals surface area contributed by atoms with Crippen molar-refractivity contribution in [2.75, 3.05) is 11.9 Å². The van der Waals surface area contributed by atoms with Crippen LogP contribution < -0.4 is 10.1 Å². The number of nitrogens with zero attached hydrogens (tertiary/aromatic N) is 2. The number of hydrogen-bond acceptors (Lipinski definition) is 5. The van der Waals surface area contributed by atoms with Crippen molar-refractivity contribution < 1.29 is 9.53 Å². The summed E-state index contributed by atoms with van der Waals surface area (Å²) in [5.41, 5.74) is 2.12. The van der Waals surface area contributed by atoms with Gasteiger partial charge >= 0.3 is 0 Å². The maximum atomic E-state index is 12.0. The van der Waals surface area contributed by atoms with Gasteiger partial charge in [0, 0.05) is 10.6 Å². The fourth-order valence-electron chi connectivity index (χ4n) is 2.11. The number of aryl methyl sites for hydroxylation is 1. The topological polar surface area (TPSA) is 64.1 Å². The van der Waals surface area contributed by atoms with E-state index in [1.165, 1.54) is 16.9 Å². The smallest absolute Gasteiger partial charge is 0.264 e. The van der Waals surface area contributed by atoms with Crippen LogP contribution in [0.25, 0.3) is 10.6 Å². The minimum absolute atomic E-state index is 0.0820. The van der Waals surface area contributed by atoms with Crippen LogP contribution >= 0.6 is 22.9 Å². The summed E-state index contributed by atoms with van der Waals surface area (Å²) in [5.74, 6) is 0.379. The lowest BCUT2D eigenvalue weighted by Gasteiger charge is -2.06. The summed E-state index contributed by atoms with van der Waals surface area (Å²) in [6.07, 6.45) is 0.966. The Hall–Kier alpha value is -2.44. The first-order valence-electron chi connectivity index (χ1n) is 7.75. The normalized spacial score (nSPS) is 10.5. The fourth-order valence-corrected chi connectivity index (χ4v) is 3.00. The Kier molecular flexibility index (Phi) is 5.63. The second kappa shape index (κ2) is 8.09. The van der Waals surface area contributed by atoms with Crippen molar-refractivity contribution in [2.45, 2.75) is 13.3 Å².